The Morgan fingerprint density at radius 1 is 1.24 bits per heavy atom. The van der Waals surface area contributed by atoms with Gasteiger partial charge in [0.05, 0.1) is 12.7 Å². The van der Waals surface area contributed by atoms with E-state index in [1.807, 2.05) is 43.5 Å². The van der Waals surface area contributed by atoms with Gasteiger partial charge in [-0.25, -0.2) is 9.78 Å². The molecule has 1 unspecified atom stereocenters. The molecule has 4 aromatic rings. The maximum absolute atomic E-state index is 11.5. The number of carboxylic acids is 1. The molecule has 9 nitrogen and oxygen atoms in total. The second kappa shape index (κ2) is 9.78. The van der Waals surface area contributed by atoms with Gasteiger partial charge in [0.1, 0.15) is 18.1 Å². The van der Waals surface area contributed by atoms with E-state index in [0.29, 0.717) is 30.6 Å². The summed E-state index contributed by atoms with van der Waals surface area (Å²) in [6.45, 7) is 7.85. The topological polar surface area (TPSA) is 115 Å². The summed E-state index contributed by atoms with van der Waals surface area (Å²) in [6.07, 6.45) is 4.56. The number of nitrogens with zero attached hydrogens (tertiary/aromatic N) is 4. The second-order valence-electron chi connectivity index (χ2n) is 8.50. The summed E-state index contributed by atoms with van der Waals surface area (Å²) in [5.41, 5.74) is 1.39. The zero-order valence-corrected chi connectivity index (χ0v) is 20.2. The number of aryl methyl sites for hydroxylation is 2. The minimum atomic E-state index is -1.34. The lowest BCUT2D eigenvalue weighted by molar-refractivity contribution is -0.152. The highest BCUT2D eigenvalue weighted by molar-refractivity contribution is 7.10. The molecule has 1 N–H and O–H groups in total. The monoisotopic (exact) mass is 482 g/mol. The minimum Gasteiger partial charge on any atom is -0.478 e. The molecule has 0 bridgehead atoms. The number of benzene rings is 1. The Kier molecular flexibility index (Phi) is 6.80. The van der Waals surface area contributed by atoms with Crippen molar-refractivity contribution in [1.82, 2.24) is 20.0 Å². The molecule has 0 fully saturated rings. The largest absolute Gasteiger partial charge is 0.478 e. The Labute approximate surface area is 201 Å². The fourth-order valence-electron chi connectivity index (χ4n) is 3.78. The van der Waals surface area contributed by atoms with Crippen molar-refractivity contribution in [2.45, 2.75) is 52.4 Å². The molecular formula is C24H26N4O5S. The molecule has 0 saturated heterocycles. The number of carboxylic acid groups (broad SMARTS) is 1. The highest BCUT2D eigenvalue weighted by Gasteiger charge is 2.32. The van der Waals surface area contributed by atoms with Crippen molar-refractivity contribution in [3.05, 3.63) is 81.8 Å². The van der Waals surface area contributed by atoms with E-state index < -0.39 is 11.6 Å². The van der Waals surface area contributed by atoms with E-state index in [-0.39, 0.29) is 6.04 Å². The van der Waals surface area contributed by atoms with Crippen molar-refractivity contribution < 1.29 is 23.6 Å². The number of ether oxygens (including phenoxy) is 1. The molecule has 0 aliphatic heterocycles. The van der Waals surface area contributed by atoms with Crippen LogP contribution in [-0.4, -0.2) is 36.7 Å². The molecule has 0 aliphatic rings. The number of aromatic nitrogens is 3. The van der Waals surface area contributed by atoms with Gasteiger partial charge in [-0.05, 0) is 55.8 Å². The molecule has 34 heavy (non-hydrogen) atoms. The van der Waals surface area contributed by atoms with Gasteiger partial charge in [0.15, 0.2) is 11.9 Å². The van der Waals surface area contributed by atoms with Crippen LogP contribution in [0.2, 0.25) is 0 Å². The molecule has 0 spiro atoms. The van der Waals surface area contributed by atoms with Gasteiger partial charge < -0.3 is 18.8 Å². The average Bonchev–Trinajstić information content (AvgIpc) is 3.55. The van der Waals surface area contributed by atoms with E-state index in [1.54, 1.807) is 23.8 Å². The van der Waals surface area contributed by atoms with Crippen LogP contribution in [0.3, 0.4) is 0 Å². The predicted octanol–water partition coefficient (Wildman–Crippen LogP) is 4.77. The molecule has 0 radical (unpaired) electrons. The maximum Gasteiger partial charge on any atom is 0.347 e. The normalized spacial score (nSPS) is 12.7. The quantitative estimate of drug-likeness (QED) is 0.341. The fourth-order valence-corrected chi connectivity index (χ4v) is 4.63. The van der Waals surface area contributed by atoms with Crippen molar-refractivity contribution in [1.29, 1.82) is 0 Å². The number of thiophene rings is 1. The summed E-state index contributed by atoms with van der Waals surface area (Å²) < 4.78 is 16.9. The third-order valence-electron chi connectivity index (χ3n) is 5.39. The van der Waals surface area contributed by atoms with Gasteiger partial charge in [-0.2, -0.15) is 4.98 Å². The number of hydrogen-bond donors (Lipinski definition) is 1. The third kappa shape index (κ3) is 5.18. The molecule has 1 atom stereocenters. The van der Waals surface area contributed by atoms with Crippen molar-refractivity contribution in [2.24, 2.45) is 0 Å². The summed E-state index contributed by atoms with van der Waals surface area (Å²) in [5.74, 6) is 0.594. The molecule has 1 aromatic carbocycles. The van der Waals surface area contributed by atoms with Crippen LogP contribution in [0.25, 0.3) is 0 Å². The van der Waals surface area contributed by atoms with Crippen LogP contribution in [0.15, 0.2) is 57.4 Å². The SMILES string of the molecule is Cc1cc(CN(Cc2ncco2)C(c2ncno2)c2cccs2)cc(C)c1OC(C)(C)C(=O)O. The highest BCUT2D eigenvalue weighted by atomic mass is 32.1. The molecule has 3 aromatic heterocycles. The minimum absolute atomic E-state index is 0.295. The smallest absolute Gasteiger partial charge is 0.347 e. The average molecular weight is 483 g/mol. The summed E-state index contributed by atoms with van der Waals surface area (Å²) in [7, 11) is 0. The number of oxazole rings is 1. The molecule has 178 valence electrons. The summed E-state index contributed by atoms with van der Waals surface area (Å²) in [4.78, 5) is 23.4. The first-order valence-corrected chi connectivity index (χ1v) is 11.6. The van der Waals surface area contributed by atoms with Crippen LogP contribution >= 0.6 is 11.3 Å². The Morgan fingerprint density at radius 2 is 2.00 bits per heavy atom. The summed E-state index contributed by atoms with van der Waals surface area (Å²) in [5, 5.41) is 15.3. The number of carbonyl (C=O) groups is 1. The van der Waals surface area contributed by atoms with Crippen molar-refractivity contribution >= 4 is 17.3 Å². The van der Waals surface area contributed by atoms with E-state index in [2.05, 4.69) is 20.0 Å². The van der Waals surface area contributed by atoms with Gasteiger partial charge in [0.25, 0.3) is 0 Å². The first kappa shape index (κ1) is 23.7. The Balaban J connectivity index is 1.69. The molecule has 0 aliphatic carbocycles. The van der Waals surface area contributed by atoms with E-state index in [1.165, 1.54) is 20.2 Å². The van der Waals surface area contributed by atoms with Crippen LogP contribution in [0.4, 0.5) is 0 Å². The van der Waals surface area contributed by atoms with Crippen LogP contribution < -0.4 is 4.74 Å². The Hall–Kier alpha value is -3.50. The van der Waals surface area contributed by atoms with Gasteiger partial charge in [-0.1, -0.05) is 23.4 Å². The lowest BCUT2D eigenvalue weighted by Gasteiger charge is -2.29. The van der Waals surface area contributed by atoms with E-state index in [9.17, 15) is 9.90 Å². The standard InChI is InChI=1S/C24H26N4O5S/c1-15-10-17(11-16(2)21(15)32-24(3,4)23(29)30)12-28(13-19-25-7-8-31-19)20(18-6-5-9-34-18)22-26-14-27-33-22/h5-11,14,20H,12-13H2,1-4H3,(H,29,30). The van der Waals surface area contributed by atoms with Crippen LogP contribution in [0, 0.1) is 13.8 Å². The van der Waals surface area contributed by atoms with Crippen LogP contribution in [0.5, 0.6) is 5.75 Å². The lowest BCUT2D eigenvalue weighted by Crippen LogP contribution is -2.38. The second-order valence-corrected chi connectivity index (χ2v) is 9.48. The van der Waals surface area contributed by atoms with Gasteiger partial charge in [-0.3, -0.25) is 4.90 Å². The van der Waals surface area contributed by atoms with Crippen molar-refractivity contribution in [2.75, 3.05) is 0 Å². The zero-order valence-electron chi connectivity index (χ0n) is 19.4. The van der Waals surface area contributed by atoms with E-state index in [0.717, 1.165) is 21.6 Å². The molecule has 0 saturated carbocycles. The number of hydrogen-bond acceptors (Lipinski definition) is 9. The molecule has 10 heteroatoms. The Morgan fingerprint density at radius 3 is 2.56 bits per heavy atom. The predicted molar refractivity (Wildman–Crippen MR) is 124 cm³/mol. The lowest BCUT2D eigenvalue weighted by atomic mass is 10.0. The first-order chi connectivity index (χ1) is 16.2. The van der Waals surface area contributed by atoms with Crippen molar-refractivity contribution in [3.63, 3.8) is 0 Å². The summed E-state index contributed by atoms with van der Waals surface area (Å²) >= 11 is 1.60. The molecular weight excluding hydrogens is 456 g/mol. The number of aliphatic carboxylic acids is 1. The zero-order chi connectivity index (χ0) is 24.3. The van der Waals surface area contributed by atoms with Crippen molar-refractivity contribution in [3.8, 4) is 5.75 Å². The fraction of sp³-hybridized carbons (Fsp3) is 0.333. The van der Waals surface area contributed by atoms with Crippen LogP contribution in [0.1, 0.15) is 53.2 Å². The van der Waals surface area contributed by atoms with E-state index >= 15 is 0 Å². The van der Waals surface area contributed by atoms with Gasteiger partial charge in [0, 0.05) is 11.4 Å². The first-order valence-electron chi connectivity index (χ1n) is 10.7. The van der Waals surface area contributed by atoms with Gasteiger partial charge in [0.2, 0.25) is 11.8 Å². The van der Waals surface area contributed by atoms with Crippen LogP contribution in [-0.2, 0) is 17.9 Å². The number of rotatable bonds is 10. The Bertz CT molecular complexity index is 1160. The highest BCUT2D eigenvalue weighted by Crippen LogP contribution is 2.35. The summed E-state index contributed by atoms with van der Waals surface area (Å²) in [6, 6.07) is 7.72. The third-order valence-corrected chi connectivity index (χ3v) is 6.31. The molecule has 3 heterocycles. The van der Waals surface area contributed by atoms with Gasteiger partial charge >= 0.3 is 5.97 Å². The molecule has 4 rings (SSSR count). The maximum atomic E-state index is 11.5. The molecule has 0 amide bonds. The van der Waals surface area contributed by atoms with E-state index in [4.69, 9.17) is 13.7 Å². The van der Waals surface area contributed by atoms with Gasteiger partial charge in [-0.15, -0.1) is 11.3 Å².